The fourth-order valence-corrected chi connectivity index (χ4v) is 2.63. The van der Waals surface area contributed by atoms with Crippen LogP contribution in [-0.2, 0) is 13.0 Å². The Balaban J connectivity index is 1.87. The second-order valence-corrected chi connectivity index (χ2v) is 5.32. The van der Waals surface area contributed by atoms with Gasteiger partial charge in [0.2, 0.25) is 0 Å². The van der Waals surface area contributed by atoms with Crippen molar-refractivity contribution in [3.05, 3.63) is 57.9 Å². The van der Waals surface area contributed by atoms with Crippen LogP contribution in [0.2, 0.25) is 5.15 Å². The zero-order chi connectivity index (χ0) is 14.1. The number of nitrogens with zero attached hydrogens (tertiary/aromatic N) is 3. The third-order valence-electron chi connectivity index (χ3n) is 3.57. The summed E-state index contributed by atoms with van der Waals surface area (Å²) in [5.41, 5.74) is 3.67. The van der Waals surface area contributed by atoms with Gasteiger partial charge in [0.1, 0.15) is 0 Å². The Morgan fingerprint density at radius 1 is 1.30 bits per heavy atom. The molecule has 20 heavy (non-hydrogen) atoms. The van der Waals surface area contributed by atoms with Gasteiger partial charge in [-0.05, 0) is 30.2 Å². The third-order valence-corrected chi connectivity index (χ3v) is 3.76. The highest BCUT2D eigenvalue weighted by atomic mass is 35.5. The summed E-state index contributed by atoms with van der Waals surface area (Å²) >= 11 is 5.87. The van der Waals surface area contributed by atoms with E-state index in [0.717, 1.165) is 28.8 Å². The van der Waals surface area contributed by atoms with Crippen LogP contribution in [0.4, 0.5) is 0 Å². The van der Waals surface area contributed by atoms with Crippen molar-refractivity contribution in [1.29, 1.82) is 0 Å². The highest BCUT2D eigenvalue weighted by Gasteiger charge is 2.23. The maximum absolute atomic E-state index is 12.6. The average Bonchev–Trinajstić information content (AvgIpc) is 2.46. The van der Waals surface area contributed by atoms with E-state index in [9.17, 15) is 4.79 Å². The number of rotatable bonds is 1. The smallest absolute Gasteiger partial charge is 0.254 e. The van der Waals surface area contributed by atoms with E-state index in [4.69, 9.17) is 11.6 Å². The number of carbonyl (C=O) groups excluding carboxylic acids is 1. The van der Waals surface area contributed by atoms with E-state index >= 15 is 0 Å². The van der Waals surface area contributed by atoms with Crippen LogP contribution in [0.25, 0.3) is 0 Å². The summed E-state index contributed by atoms with van der Waals surface area (Å²) in [6.45, 7) is 3.15. The minimum Gasteiger partial charge on any atom is -0.334 e. The van der Waals surface area contributed by atoms with Crippen molar-refractivity contribution in [2.75, 3.05) is 6.54 Å². The molecule has 0 atom stereocenters. The van der Waals surface area contributed by atoms with E-state index in [1.165, 1.54) is 0 Å². The van der Waals surface area contributed by atoms with Crippen LogP contribution in [0, 0.1) is 6.92 Å². The molecular weight excluding hydrogens is 274 g/mol. The maximum Gasteiger partial charge on any atom is 0.254 e. The van der Waals surface area contributed by atoms with Crippen molar-refractivity contribution in [2.24, 2.45) is 0 Å². The number of aryl methyl sites for hydroxylation is 1. The van der Waals surface area contributed by atoms with Crippen molar-refractivity contribution >= 4 is 17.5 Å². The molecule has 0 bridgehead atoms. The van der Waals surface area contributed by atoms with E-state index in [1.54, 1.807) is 6.07 Å². The predicted octanol–water partition coefficient (Wildman–Crippen LogP) is 2.64. The first-order valence-electron chi connectivity index (χ1n) is 6.51. The molecule has 0 radical (unpaired) electrons. The van der Waals surface area contributed by atoms with Gasteiger partial charge in [-0.15, -0.1) is 5.10 Å². The predicted molar refractivity (Wildman–Crippen MR) is 76.7 cm³/mol. The van der Waals surface area contributed by atoms with Crippen LogP contribution in [0.1, 0.15) is 27.2 Å². The molecule has 2 aromatic rings. The van der Waals surface area contributed by atoms with Gasteiger partial charge in [0.05, 0.1) is 5.69 Å². The fraction of sp³-hybridized carbons (Fsp3) is 0.267. The van der Waals surface area contributed by atoms with Crippen molar-refractivity contribution in [3.8, 4) is 0 Å². The molecule has 1 amide bonds. The van der Waals surface area contributed by atoms with Gasteiger partial charge in [0, 0.05) is 25.1 Å². The molecular formula is C15H14ClN3O. The average molecular weight is 288 g/mol. The third kappa shape index (κ3) is 2.39. The van der Waals surface area contributed by atoms with Gasteiger partial charge in [0.15, 0.2) is 5.15 Å². The van der Waals surface area contributed by atoms with Crippen LogP contribution >= 0.6 is 11.6 Å². The van der Waals surface area contributed by atoms with Gasteiger partial charge in [-0.3, -0.25) is 4.79 Å². The number of fused-ring (bicyclic) bond motifs is 1. The van der Waals surface area contributed by atoms with E-state index in [2.05, 4.69) is 10.2 Å². The monoisotopic (exact) mass is 287 g/mol. The Hall–Kier alpha value is -1.94. The molecule has 3 rings (SSSR count). The number of amides is 1. The minimum absolute atomic E-state index is 0.0571. The SMILES string of the molecule is Cc1ccccc1C(=O)N1CCc2nnc(Cl)cc2C1. The highest BCUT2D eigenvalue weighted by Crippen LogP contribution is 2.21. The summed E-state index contributed by atoms with van der Waals surface area (Å²) in [7, 11) is 0. The molecule has 5 heteroatoms. The summed E-state index contributed by atoms with van der Waals surface area (Å²) < 4.78 is 0. The summed E-state index contributed by atoms with van der Waals surface area (Å²) in [6, 6.07) is 9.44. The first-order chi connectivity index (χ1) is 9.65. The molecule has 102 valence electrons. The number of benzene rings is 1. The second-order valence-electron chi connectivity index (χ2n) is 4.93. The molecule has 2 heterocycles. The van der Waals surface area contributed by atoms with E-state index in [-0.39, 0.29) is 5.91 Å². The summed E-state index contributed by atoms with van der Waals surface area (Å²) in [6.07, 6.45) is 0.719. The molecule has 1 aromatic heterocycles. The number of hydrogen-bond donors (Lipinski definition) is 0. The van der Waals surface area contributed by atoms with Crippen LogP contribution < -0.4 is 0 Å². The quantitative estimate of drug-likeness (QED) is 0.810. The Labute approximate surface area is 122 Å². The van der Waals surface area contributed by atoms with Crippen LogP contribution in [0.3, 0.4) is 0 Å². The van der Waals surface area contributed by atoms with Crippen LogP contribution in [0.5, 0.6) is 0 Å². The second kappa shape index (κ2) is 5.21. The molecule has 1 aromatic carbocycles. The van der Waals surface area contributed by atoms with Crippen LogP contribution in [-0.4, -0.2) is 27.5 Å². The first kappa shape index (κ1) is 13.1. The van der Waals surface area contributed by atoms with Crippen LogP contribution in [0.15, 0.2) is 30.3 Å². The van der Waals surface area contributed by atoms with E-state index in [1.807, 2.05) is 36.1 Å². The van der Waals surface area contributed by atoms with E-state index < -0.39 is 0 Å². The largest absolute Gasteiger partial charge is 0.334 e. The van der Waals surface area contributed by atoms with Gasteiger partial charge in [0.25, 0.3) is 5.91 Å². The van der Waals surface area contributed by atoms with Crippen molar-refractivity contribution in [3.63, 3.8) is 0 Å². The van der Waals surface area contributed by atoms with Gasteiger partial charge in [-0.1, -0.05) is 29.8 Å². The molecule has 0 saturated heterocycles. The number of hydrogen-bond acceptors (Lipinski definition) is 3. The molecule has 1 aliphatic heterocycles. The molecule has 1 aliphatic rings. The van der Waals surface area contributed by atoms with Gasteiger partial charge in [-0.25, -0.2) is 0 Å². The minimum atomic E-state index is 0.0571. The summed E-state index contributed by atoms with van der Waals surface area (Å²) in [5, 5.41) is 8.30. The molecule has 0 unspecified atom stereocenters. The Bertz CT molecular complexity index is 672. The Kier molecular flexibility index (Phi) is 3.40. The van der Waals surface area contributed by atoms with E-state index in [0.29, 0.717) is 18.2 Å². The zero-order valence-electron chi connectivity index (χ0n) is 11.1. The number of halogens is 1. The molecule has 0 N–H and O–H groups in total. The van der Waals surface area contributed by atoms with Gasteiger partial charge < -0.3 is 4.90 Å². The standard InChI is InChI=1S/C15H14ClN3O/c1-10-4-2-3-5-12(10)15(20)19-7-6-13-11(9-19)8-14(16)18-17-13/h2-5,8H,6-7,9H2,1H3. The lowest BCUT2D eigenvalue weighted by Gasteiger charge is -2.28. The molecule has 0 fully saturated rings. The van der Waals surface area contributed by atoms with Crippen molar-refractivity contribution in [1.82, 2.24) is 15.1 Å². The lowest BCUT2D eigenvalue weighted by molar-refractivity contribution is 0.0732. The highest BCUT2D eigenvalue weighted by molar-refractivity contribution is 6.29. The number of carbonyl (C=O) groups is 1. The molecule has 4 nitrogen and oxygen atoms in total. The van der Waals surface area contributed by atoms with Gasteiger partial charge >= 0.3 is 0 Å². The van der Waals surface area contributed by atoms with Crippen molar-refractivity contribution in [2.45, 2.75) is 19.9 Å². The summed E-state index contributed by atoms with van der Waals surface area (Å²) in [5.74, 6) is 0.0571. The van der Waals surface area contributed by atoms with Crippen molar-refractivity contribution < 1.29 is 4.79 Å². The Morgan fingerprint density at radius 2 is 2.10 bits per heavy atom. The number of aromatic nitrogens is 2. The fourth-order valence-electron chi connectivity index (χ4n) is 2.46. The lowest BCUT2D eigenvalue weighted by Crippen LogP contribution is -2.36. The normalized spacial score (nSPS) is 14.0. The zero-order valence-corrected chi connectivity index (χ0v) is 11.9. The summed E-state index contributed by atoms with van der Waals surface area (Å²) in [4.78, 5) is 14.4. The molecule has 0 spiro atoms. The molecule has 0 aliphatic carbocycles. The maximum atomic E-state index is 12.6. The lowest BCUT2D eigenvalue weighted by atomic mass is 10.0. The Morgan fingerprint density at radius 3 is 2.90 bits per heavy atom. The first-order valence-corrected chi connectivity index (χ1v) is 6.89. The molecule has 0 saturated carbocycles. The van der Waals surface area contributed by atoms with Gasteiger partial charge in [-0.2, -0.15) is 5.10 Å². The topological polar surface area (TPSA) is 46.1 Å².